The smallest absolute Gasteiger partial charge is 0.337 e. The zero-order valence-corrected chi connectivity index (χ0v) is 19.7. The van der Waals surface area contributed by atoms with E-state index in [0.717, 1.165) is 35.9 Å². The summed E-state index contributed by atoms with van der Waals surface area (Å²) in [4.78, 5) is 34.3. The number of aromatic carboxylic acids is 1. The summed E-state index contributed by atoms with van der Waals surface area (Å²) >= 11 is 0. The lowest BCUT2D eigenvalue weighted by Crippen LogP contribution is -2.27. The van der Waals surface area contributed by atoms with Crippen molar-refractivity contribution in [1.82, 2.24) is 30.3 Å². The van der Waals surface area contributed by atoms with Crippen molar-refractivity contribution in [3.8, 4) is 11.4 Å². The van der Waals surface area contributed by atoms with Crippen LogP contribution in [0.2, 0.25) is 0 Å². The van der Waals surface area contributed by atoms with Gasteiger partial charge in [-0.25, -0.2) is 4.79 Å². The average molecular weight is 474 g/mol. The second kappa shape index (κ2) is 10.7. The number of hydrogen-bond acceptors (Lipinski definition) is 7. The van der Waals surface area contributed by atoms with Crippen molar-refractivity contribution in [2.75, 3.05) is 25.5 Å². The molecular formula is C25H27N7O3. The number of nitrogens with one attached hydrogen (secondary N) is 1. The molecule has 10 nitrogen and oxygen atoms in total. The summed E-state index contributed by atoms with van der Waals surface area (Å²) in [6.45, 7) is 1.26. The maximum absolute atomic E-state index is 12.8. The van der Waals surface area contributed by atoms with E-state index in [1.807, 2.05) is 43.3 Å². The maximum atomic E-state index is 12.8. The SMILES string of the molecule is CN(C)c1c(C(=O)NCCCCCn2cc(-c3ccc(C(=O)O)cn3)nn2)cnc2ccccc12. The third kappa shape index (κ3) is 5.60. The molecule has 0 fully saturated rings. The Bertz CT molecular complexity index is 1330. The molecule has 0 aliphatic rings. The van der Waals surface area contributed by atoms with E-state index in [1.165, 1.54) is 12.3 Å². The van der Waals surface area contributed by atoms with Crippen LogP contribution in [0.15, 0.2) is 55.0 Å². The molecule has 10 heteroatoms. The first-order chi connectivity index (χ1) is 16.9. The Morgan fingerprint density at radius 2 is 1.83 bits per heavy atom. The number of aryl methyl sites for hydroxylation is 1. The predicted octanol–water partition coefficient (Wildman–Crippen LogP) is 3.25. The Morgan fingerprint density at radius 1 is 1.00 bits per heavy atom. The van der Waals surface area contributed by atoms with E-state index in [1.54, 1.807) is 23.1 Å². The van der Waals surface area contributed by atoms with Crippen molar-refractivity contribution in [3.05, 3.63) is 66.1 Å². The highest BCUT2D eigenvalue weighted by Crippen LogP contribution is 2.28. The molecule has 0 saturated carbocycles. The van der Waals surface area contributed by atoms with Gasteiger partial charge in [0.15, 0.2) is 0 Å². The summed E-state index contributed by atoms with van der Waals surface area (Å²) in [5.74, 6) is -1.15. The lowest BCUT2D eigenvalue weighted by molar-refractivity contribution is 0.0696. The van der Waals surface area contributed by atoms with Gasteiger partial charge in [-0.05, 0) is 37.5 Å². The third-order valence-electron chi connectivity index (χ3n) is 5.60. The largest absolute Gasteiger partial charge is 0.478 e. The van der Waals surface area contributed by atoms with Gasteiger partial charge in [-0.3, -0.25) is 19.4 Å². The van der Waals surface area contributed by atoms with Crippen molar-refractivity contribution < 1.29 is 14.7 Å². The van der Waals surface area contributed by atoms with Gasteiger partial charge in [0.2, 0.25) is 0 Å². The number of rotatable bonds is 10. The monoisotopic (exact) mass is 473 g/mol. The number of fused-ring (bicyclic) bond motifs is 1. The molecule has 2 N–H and O–H groups in total. The van der Waals surface area contributed by atoms with Gasteiger partial charge in [0, 0.05) is 45.0 Å². The Balaban J connectivity index is 1.24. The zero-order chi connectivity index (χ0) is 24.8. The molecule has 4 rings (SSSR count). The van der Waals surface area contributed by atoms with Crippen molar-refractivity contribution in [3.63, 3.8) is 0 Å². The molecule has 0 atom stereocenters. The molecule has 35 heavy (non-hydrogen) atoms. The van der Waals surface area contributed by atoms with Gasteiger partial charge in [0.1, 0.15) is 5.69 Å². The van der Waals surface area contributed by atoms with Crippen LogP contribution in [0.1, 0.15) is 40.0 Å². The van der Waals surface area contributed by atoms with Crippen LogP contribution in [0, 0.1) is 0 Å². The van der Waals surface area contributed by atoms with Gasteiger partial charge >= 0.3 is 5.97 Å². The highest BCUT2D eigenvalue weighted by atomic mass is 16.4. The molecule has 3 heterocycles. The Labute approximate surface area is 202 Å². The quantitative estimate of drug-likeness (QED) is 0.336. The number of benzene rings is 1. The van der Waals surface area contributed by atoms with Gasteiger partial charge in [-0.1, -0.05) is 23.4 Å². The molecule has 0 unspecified atom stereocenters. The molecule has 1 aromatic carbocycles. The number of amides is 1. The molecular weight excluding hydrogens is 446 g/mol. The number of carbonyl (C=O) groups is 2. The van der Waals surface area contributed by atoms with E-state index in [-0.39, 0.29) is 11.5 Å². The van der Waals surface area contributed by atoms with Crippen molar-refractivity contribution in [2.24, 2.45) is 0 Å². The number of carboxylic acid groups (broad SMARTS) is 1. The van der Waals surface area contributed by atoms with Gasteiger partial charge < -0.3 is 15.3 Å². The first-order valence-electron chi connectivity index (χ1n) is 11.4. The first-order valence-corrected chi connectivity index (χ1v) is 11.4. The number of para-hydroxylation sites is 1. The predicted molar refractivity (Wildman–Crippen MR) is 132 cm³/mol. The van der Waals surface area contributed by atoms with Crippen LogP contribution in [0.25, 0.3) is 22.3 Å². The molecule has 0 aliphatic carbocycles. The van der Waals surface area contributed by atoms with E-state index in [2.05, 4.69) is 25.6 Å². The second-order valence-corrected chi connectivity index (χ2v) is 8.35. The van der Waals surface area contributed by atoms with Crippen LogP contribution >= 0.6 is 0 Å². The van der Waals surface area contributed by atoms with E-state index in [4.69, 9.17) is 5.11 Å². The number of aromatic nitrogens is 5. The Kier molecular flexibility index (Phi) is 7.30. The minimum absolute atomic E-state index is 0.128. The number of unbranched alkanes of at least 4 members (excludes halogenated alkanes) is 2. The van der Waals surface area contributed by atoms with Crippen molar-refractivity contribution >= 4 is 28.5 Å². The Morgan fingerprint density at radius 3 is 2.57 bits per heavy atom. The first kappa shape index (κ1) is 23.8. The minimum atomic E-state index is -1.02. The summed E-state index contributed by atoms with van der Waals surface area (Å²) in [7, 11) is 3.85. The summed E-state index contributed by atoms with van der Waals surface area (Å²) in [5.41, 5.74) is 3.58. The fraction of sp³-hybridized carbons (Fsp3) is 0.280. The standard InChI is InChI=1S/C25H27N7O3/c1-31(2)23-18-8-4-5-9-20(18)28-15-19(23)24(33)26-12-6-3-7-13-32-16-22(29-30-32)21-11-10-17(14-27-21)25(34)35/h4-5,8-11,14-16H,3,6-7,12-13H2,1-2H3,(H,26,33)(H,34,35). The van der Waals surface area contributed by atoms with E-state index in [9.17, 15) is 9.59 Å². The number of carbonyl (C=O) groups excluding carboxylic acids is 1. The molecule has 0 aliphatic heterocycles. The van der Waals surface area contributed by atoms with Crippen LogP contribution in [-0.2, 0) is 6.54 Å². The maximum Gasteiger partial charge on any atom is 0.337 e. The summed E-state index contributed by atoms with van der Waals surface area (Å²) in [6.07, 6.45) is 7.37. The minimum Gasteiger partial charge on any atom is -0.478 e. The van der Waals surface area contributed by atoms with E-state index < -0.39 is 5.97 Å². The van der Waals surface area contributed by atoms with Crippen LogP contribution < -0.4 is 10.2 Å². The summed E-state index contributed by atoms with van der Waals surface area (Å²) in [6, 6.07) is 10.9. The van der Waals surface area contributed by atoms with Crippen LogP contribution in [0.4, 0.5) is 5.69 Å². The van der Waals surface area contributed by atoms with Gasteiger partial charge in [0.05, 0.1) is 34.2 Å². The van der Waals surface area contributed by atoms with Gasteiger partial charge in [-0.2, -0.15) is 0 Å². The highest BCUT2D eigenvalue weighted by Gasteiger charge is 2.16. The third-order valence-corrected chi connectivity index (χ3v) is 5.60. The molecule has 180 valence electrons. The number of pyridine rings is 2. The van der Waals surface area contributed by atoms with Crippen LogP contribution in [0.3, 0.4) is 0 Å². The topological polar surface area (TPSA) is 126 Å². The second-order valence-electron chi connectivity index (χ2n) is 8.35. The summed E-state index contributed by atoms with van der Waals surface area (Å²) < 4.78 is 1.74. The summed E-state index contributed by atoms with van der Waals surface area (Å²) in [5, 5.41) is 21.2. The van der Waals surface area contributed by atoms with Crippen molar-refractivity contribution in [1.29, 1.82) is 0 Å². The lowest BCUT2D eigenvalue weighted by Gasteiger charge is -2.19. The van der Waals surface area contributed by atoms with Crippen molar-refractivity contribution in [2.45, 2.75) is 25.8 Å². The van der Waals surface area contributed by atoms with Crippen LogP contribution in [-0.4, -0.2) is 62.6 Å². The van der Waals surface area contributed by atoms with Gasteiger partial charge in [0.25, 0.3) is 5.91 Å². The number of hydrogen-bond donors (Lipinski definition) is 2. The average Bonchev–Trinajstić information content (AvgIpc) is 3.34. The van der Waals surface area contributed by atoms with E-state index in [0.29, 0.717) is 30.0 Å². The normalized spacial score (nSPS) is 10.9. The number of nitrogens with zero attached hydrogens (tertiary/aromatic N) is 6. The molecule has 3 aromatic heterocycles. The number of anilines is 1. The molecule has 0 spiro atoms. The van der Waals surface area contributed by atoms with Crippen LogP contribution in [0.5, 0.6) is 0 Å². The molecule has 0 saturated heterocycles. The Hall–Kier alpha value is -4.34. The molecule has 1 amide bonds. The van der Waals surface area contributed by atoms with E-state index >= 15 is 0 Å². The zero-order valence-electron chi connectivity index (χ0n) is 19.7. The molecule has 0 bridgehead atoms. The number of carboxylic acids is 1. The molecule has 4 aromatic rings. The molecule has 0 radical (unpaired) electrons. The lowest BCUT2D eigenvalue weighted by atomic mass is 10.1. The fourth-order valence-electron chi connectivity index (χ4n) is 3.84. The fourth-order valence-corrected chi connectivity index (χ4v) is 3.84. The highest BCUT2D eigenvalue weighted by molar-refractivity contribution is 6.07. The van der Waals surface area contributed by atoms with Gasteiger partial charge in [-0.15, -0.1) is 5.10 Å².